The Balaban J connectivity index is 2.28. The van der Waals surface area contributed by atoms with E-state index in [0.29, 0.717) is 6.54 Å². The van der Waals surface area contributed by atoms with Crippen molar-refractivity contribution in [2.75, 3.05) is 11.9 Å². The molecule has 0 saturated heterocycles. The topological polar surface area (TPSA) is 63.8 Å². The summed E-state index contributed by atoms with van der Waals surface area (Å²) in [7, 11) is 0. The number of hydrogen-bond acceptors (Lipinski definition) is 4. The molecule has 0 unspecified atom stereocenters. The van der Waals surface area contributed by atoms with Gasteiger partial charge in [-0.05, 0) is 12.5 Å². The van der Waals surface area contributed by atoms with Gasteiger partial charge in [0.2, 0.25) is 0 Å². The molecule has 0 aliphatic rings. The van der Waals surface area contributed by atoms with Crippen molar-refractivity contribution >= 4 is 5.82 Å². The van der Waals surface area contributed by atoms with Crippen LogP contribution in [-0.4, -0.2) is 16.5 Å². The van der Waals surface area contributed by atoms with E-state index in [9.17, 15) is 0 Å². The molecule has 4 nitrogen and oxygen atoms in total. The van der Waals surface area contributed by atoms with E-state index < -0.39 is 0 Å². The van der Waals surface area contributed by atoms with E-state index in [2.05, 4.69) is 15.3 Å². The van der Waals surface area contributed by atoms with Gasteiger partial charge in [-0.2, -0.15) is 0 Å². The minimum absolute atomic E-state index is 0.562. The molecule has 0 amide bonds. The number of nitrogens with zero attached hydrogens (tertiary/aromatic N) is 2. The molecule has 0 aliphatic carbocycles. The van der Waals surface area contributed by atoms with Gasteiger partial charge in [-0.25, -0.2) is 9.97 Å². The molecule has 0 spiro atoms. The number of nitrogens with two attached hydrogens (primary N) is 1. The molecule has 3 N–H and O–H groups in total. The van der Waals surface area contributed by atoms with Gasteiger partial charge in [0.15, 0.2) is 0 Å². The summed E-state index contributed by atoms with van der Waals surface area (Å²) in [6.45, 7) is 3.45. The molecule has 1 aromatic heterocycles. The van der Waals surface area contributed by atoms with Crippen LogP contribution in [0.5, 0.6) is 0 Å². The highest BCUT2D eigenvalue weighted by molar-refractivity contribution is 5.62. The minimum Gasteiger partial charge on any atom is -0.370 e. The van der Waals surface area contributed by atoms with Crippen LogP contribution in [-0.2, 0) is 6.54 Å². The van der Waals surface area contributed by atoms with Crippen LogP contribution in [0.2, 0.25) is 0 Å². The largest absolute Gasteiger partial charge is 0.370 e. The van der Waals surface area contributed by atoms with Gasteiger partial charge in [0, 0.05) is 24.7 Å². The van der Waals surface area contributed by atoms with Gasteiger partial charge in [0.05, 0.1) is 5.69 Å². The van der Waals surface area contributed by atoms with Gasteiger partial charge < -0.3 is 11.1 Å². The summed E-state index contributed by atoms with van der Waals surface area (Å²) >= 11 is 0. The lowest BCUT2D eigenvalue weighted by Crippen LogP contribution is -2.00. The summed E-state index contributed by atoms with van der Waals surface area (Å²) in [6.07, 6.45) is 1.57. The summed E-state index contributed by atoms with van der Waals surface area (Å²) in [5.41, 5.74) is 8.68. The lowest BCUT2D eigenvalue weighted by Gasteiger charge is -2.05. The Hall–Kier alpha value is -1.94. The normalized spacial score (nSPS) is 10.2. The number of benzene rings is 1. The average molecular weight is 228 g/mol. The van der Waals surface area contributed by atoms with E-state index in [4.69, 9.17) is 5.73 Å². The van der Waals surface area contributed by atoms with Crippen LogP contribution in [0, 0.1) is 0 Å². The Morgan fingerprint density at radius 3 is 2.59 bits per heavy atom. The third kappa shape index (κ3) is 2.79. The molecule has 2 rings (SSSR count). The van der Waals surface area contributed by atoms with Crippen LogP contribution in [0.15, 0.2) is 36.7 Å². The summed E-state index contributed by atoms with van der Waals surface area (Å²) in [4.78, 5) is 8.41. The molecule has 2 aromatic rings. The molecule has 0 saturated carbocycles. The second-order valence-corrected chi connectivity index (χ2v) is 3.72. The van der Waals surface area contributed by atoms with E-state index in [1.54, 1.807) is 6.33 Å². The maximum absolute atomic E-state index is 5.57. The molecule has 0 radical (unpaired) electrons. The van der Waals surface area contributed by atoms with Crippen molar-refractivity contribution in [2.24, 2.45) is 5.73 Å². The van der Waals surface area contributed by atoms with E-state index in [0.717, 1.165) is 29.2 Å². The lowest BCUT2D eigenvalue weighted by atomic mass is 10.1. The molecule has 0 fully saturated rings. The molecule has 1 aromatic carbocycles. The standard InChI is InChI=1S/C13H16N4/c1-2-15-13-7-12(16-9-17-13)11-5-3-10(8-14)4-6-11/h3-7,9H,2,8,14H2,1H3,(H,15,16,17). The summed E-state index contributed by atoms with van der Waals surface area (Å²) in [5.74, 6) is 0.848. The van der Waals surface area contributed by atoms with Gasteiger partial charge >= 0.3 is 0 Å². The maximum Gasteiger partial charge on any atom is 0.129 e. The van der Waals surface area contributed by atoms with Crippen LogP contribution in [0.1, 0.15) is 12.5 Å². The Morgan fingerprint density at radius 1 is 1.18 bits per heavy atom. The quantitative estimate of drug-likeness (QED) is 0.840. The van der Waals surface area contributed by atoms with Gasteiger partial charge in [0.1, 0.15) is 12.1 Å². The molecule has 88 valence electrons. The fraction of sp³-hybridized carbons (Fsp3) is 0.231. The zero-order valence-corrected chi connectivity index (χ0v) is 9.85. The first-order chi connectivity index (χ1) is 8.33. The Labute approximate surface area is 101 Å². The number of rotatable bonds is 4. The molecular formula is C13H16N4. The van der Waals surface area contributed by atoms with E-state index in [1.807, 2.05) is 37.3 Å². The molecule has 1 heterocycles. The smallest absolute Gasteiger partial charge is 0.129 e. The van der Waals surface area contributed by atoms with Crippen molar-refractivity contribution in [1.29, 1.82) is 0 Å². The second kappa shape index (κ2) is 5.41. The summed E-state index contributed by atoms with van der Waals surface area (Å²) in [6, 6.07) is 10.0. The van der Waals surface area contributed by atoms with E-state index in [1.165, 1.54) is 0 Å². The second-order valence-electron chi connectivity index (χ2n) is 3.72. The van der Waals surface area contributed by atoms with Gasteiger partial charge in [0.25, 0.3) is 0 Å². The fourth-order valence-corrected chi connectivity index (χ4v) is 1.60. The Bertz CT molecular complexity index is 479. The number of anilines is 1. The molecule has 17 heavy (non-hydrogen) atoms. The zero-order chi connectivity index (χ0) is 12.1. The minimum atomic E-state index is 0.562. The first kappa shape index (κ1) is 11.5. The maximum atomic E-state index is 5.57. The Morgan fingerprint density at radius 2 is 1.94 bits per heavy atom. The molecule has 0 bridgehead atoms. The van der Waals surface area contributed by atoms with E-state index in [-0.39, 0.29) is 0 Å². The lowest BCUT2D eigenvalue weighted by molar-refractivity contribution is 1.07. The van der Waals surface area contributed by atoms with Crippen LogP contribution < -0.4 is 11.1 Å². The molecular weight excluding hydrogens is 212 g/mol. The zero-order valence-electron chi connectivity index (χ0n) is 9.85. The first-order valence-corrected chi connectivity index (χ1v) is 5.68. The SMILES string of the molecule is CCNc1cc(-c2ccc(CN)cc2)ncn1. The monoisotopic (exact) mass is 228 g/mol. The Kier molecular flexibility index (Phi) is 3.67. The first-order valence-electron chi connectivity index (χ1n) is 5.68. The van der Waals surface area contributed by atoms with Gasteiger partial charge in [-0.1, -0.05) is 24.3 Å². The van der Waals surface area contributed by atoms with Crippen LogP contribution in [0.4, 0.5) is 5.82 Å². The number of hydrogen-bond donors (Lipinski definition) is 2. The molecule has 0 atom stereocenters. The fourth-order valence-electron chi connectivity index (χ4n) is 1.60. The van der Waals surface area contributed by atoms with E-state index >= 15 is 0 Å². The highest BCUT2D eigenvalue weighted by Gasteiger charge is 2.01. The number of nitrogens with one attached hydrogen (secondary N) is 1. The predicted octanol–water partition coefficient (Wildman–Crippen LogP) is 2.03. The van der Waals surface area contributed by atoms with Gasteiger partial charge in [-0.3, -0.25) is 0 Å². The highest BCUT2D eigenvalue weighted by atomic mass is 15.0. The third-order valence-electron chi connectivity index (χ3n) is 2.51. The molecule has 0 aliphatic heterocycles. The predicted molar refractivity (Wildman–Crippen MR) is 69.5 cm³/mol. The van der Waals surface area contributed by atoms with Crippen molar-refractivity contribution in [3.05, 3.63) is 42.2 Å². The molecule has 4 heteroatoms. The average Bonchev–Trinajstić information content (AvgIpc) is 2.40. The van der Waals surface area contributed by atoms with Crippen molar-refractivity contribution in [1.82, 2.24) is 9.97 Å². The summed E-state index contributed by atoms with van der Waals surface area (Å²) in [5, 5.41) is 3.17. The van der Waals surface area contributed by atoms with Crippen LogP contribution in [0.25, 0.3) is 11.3 Å². The van der Waals surface area contributed by atoms with Crippen LogP contribution >= 0.6 is 0 Å². The summed E-state index contributed by atoms with van der Waals surface area (Å²) < 4.78 is 0. The van der Waals surface area contributed by atoms with Crippen molar-refractivity contribution in [3.8, 4) is 11.3 Å². The van der Waals surface area contributed by atoms with Gasteiger partial charge in [-0.15, -0.1) is 0 Å². The van der Waals surface area contributed by atoms with Crippen molar-refractivity contribution in [2.45, 2.75) is 13.5 Å². The van der Waals surface area contributed by atoms with Crippen molar-refractivity contribution in [3.63, 3.8) is 0 Å². The number of aromatic nitrogens is 2. The third-order valence-corrected chi connectivity index (χ3v) is 2.51. The van der Waals surface area contributed by atoms with Crippen molar-refractivity contribution < 1.29 is 0 Å². The highest BCUT2D eigenvalue weighted by Crippen LogP contribution is 2.19. The van der Waals surface area contributed by atoms with Crippen LogP contribution in [0.3, 0.4) is 0 Å².